The van der Waals surface area contributed by atoms with Crippen LogP contribution in [0.4, 0.5) is 0 Å². The van der Waals surface area contributed by atoms with E-state index in [1.165, 1.54) is 0 Å². The third-order valence-electron chi connectivity index (χ3n) is 4.87. The van der Waals surface area contributed by atoms with Crippen LogP contribution in [0.1, 0.15) is 44.4 Å². The second kappa shape index (κ2) is 7.26. The van der Waals surface area contributed by atoms with E-state index in [4.69, 9.17) is 16.7 Å². The van der Waals surface area contributed by atoms with Crippen LogP contribution in [0, 0.1) is 5.92 Å². The molecule has 1 N–H and O–H groups in total. The Morgan fingerprint density at radius 1 is 1.25 bits per heavy atom. The van der Waals surface area contributed by atoms with Gasteiger partial charge in [-0.3, -0.25) is 4.90 Å². The predicted molar refractivity (Wildman–Crippen MR) is 97.7 cm³/mol. The Hall–Kier alpha value is -1.36. The average Bonchev–Trinajstić information content (AvgIpc) is 3.15. The Morgan fingerprint density at radius 3 is 2.54 bits per heavy atom. The molecule has 0 aliphatic carbocycles. The number of likely N-dealkylation sites (tertiary alicyclic amines) is 1. The molecule has 1 aliphatic heterocycles. The Labute approximate surface area is 149 Å². The van der Waals surface area contributed by atoms with Crippen LogP contribution in [0.2, 0.25) is 5.15 Å². The van der Waals surface area contributed by atoms with E-state index >= 15 is 0 Å². The molecule has 24 heavy (non-hydrogen) atoms. The van der Waals surface area contributed by atoms with E-state index in [-0.39, 0.29) is 6.10 Å². The number of halogens is 1. The molecular formula is C19H26ClN3O. The summed E-state index contributed by atoms with van der Waals surface area (Å²) < 4.78 is 1.84. The van der Waals surface area contributed by atoms with Crippen LogP contribution in [0.3, 0.4) is 0 Å². The second-order valence-electron chi connectivity index (χ2n) is 7.08. The van der Waals surface area contributed by atoms with Gasteiger partial charge >= 0.3 is 0 Å². The van der Waals surface area contributed by atoms with Gasteiger partial charge < -0.3 is 5.11 Å². The number of aromatic nitrogens is 2. The highest BCUT2D eigenvalue weighted by Crippen LogP contribution is 2.31. The molecule has 1 aromatic heterocycles. The molecule has 0 saturated carbocycles. The van der Waals surface area contributed by atoms with E-state index in [1.807, 2.05) is 41.9 Å². The van der Waals surface area contributed by atoms with Crippen molar-refractivity contribution in [1.82, 2.24) is 14.7 Å². The van der Waals surface area contributed by atoms with E-state index < -0.39 is 0 Å². The average molecular weight is 348 g/mol. The fourth-order valence-electron chi connectivity index (χ4n) is 3.42. The molecule has 0 spiro atoms. The topological polar surface area (TPSA) is 41.3 Å². The van der Waals surface area contributed by atoms with Gasteiger partial charge in [0, 0.05) is 18.7 Å². The molecule has 2 atom stereocenters. The molecule has 1 aromatic carbocycles. The van der Waals surface area contributed by atoms with Crippen molar-refractivity contribution in [2.24, 2.45) is 5.92 Å². The first-order chi connectivity index (χ1) is 11.5. The van der Waals surface area contributed by atoms with Crippen molar-refractivity contribution in [1.29, 1.82) is 0 Å². The predicted octanol–water partition coefficient (Wildman–Crippen LogP) is 3.85. The van der Waals surface area contributed by atoms with Crippen LogP contribution in [-0.2, 0) is 6.54 Å². The summed E-state index contributed by atoms with van der Waals surface area (Å²) in [6.07, 6.45) is 0.793. The Bertz CT molecular complexity index is 681. The lowest BCUT2D eigenvalue weighted by Gasteiger charge is -2.18. The highest BCUT2D eigenvalue weighted by atomic mass is 35.5. The van der Waals surface area contributed by atoms with E-state index in [0.29, 0.717) is 17.0 Å². The second-order valence-corrected chi connectivity index (χ2v) is 7.44. The third-order valence-corrected chi connectivity index (χ3v) is 5.26. The van der Waals surface area contributed by atoms with Gasteiger partial charge in [-0.15, -0.1) is 0 Å². The molecule has 1 aliphatic rings. The molecule has 2 aromatic rings. The normalized spacial score (nSPS) is 20.0. The smallest absolute Gasteiger partial charge is 0.137 e. The number of hydrogen-bond donors (Lipinski definition) is 1. The zero-order valence-corrected chi connectivity index (χ0v) is 15.4. The van der Waals surface area contributed by atoms with Crippen molar-refractivity contribution in [3.05, 3.63) is 46.7 Å². The third kappa shape index (κ3) is 3.51. The molecule has 0 bridgehead atoms. The molecule has 0 radical (unpaired) electrons. The SMILES string of the molecule is CC(C)c1nn(-c2ccccc2)c(Cl)c1CN1CCC(C(C)O)C1. The van der Waals surface area contributed by atoms with Crippen molar-refractivity contribution in [3.63, 3.8) is 0 Å². The maximum absolute atomic E-state index is 9.82. The summed E-state index contributed by atoms with van der Waals surface area (Å²) in [4.78, 5) is 2.38. The molecule has 2 unspecified atom stereocenters. The van der Waals surface area contributed by atoms with Gasteiger partial charge in [0.1, 0.15) is 5.15 Å². The largest absolute Gasteiger partial charge is 0.393 e. The molecule has 1 fully saturated rings. The number of aliphatic hydroxyl groups is 1. The summed E-state index contributed by atoms with van der Waals surface area (Å²) in [5.41, 5.74) is 3.16. The maximum atomic E-state index is 9.82. The van der Waals surface area contributed by atoms with Gasteiger partial charge in [0.25, 0.3) is 0 Å². The van der Waals surface area contributed by atoms with Gasteiger partial charge in [-0.1, -0.05) is 43.6 Å². The van der Waals surface area contributed by atoms with E-state index in [1.54, 1.807) is 0 Å². The van der Waals surface area contributed by atoms with Gasteiger partial charge in [0.2, 0.25) is 0 Å². The lowest BCUT2D eigenvalue weighted by Crippen LogP contribution is -2.24. The molecule has 4 nitrogen and oxygen atoms in total. The minimum atomic E-state index is -0.248. The lowest BCUT2D eigenvalue weighted by atomic mass is 10.0. The minimum Gasteiger partial charge on any atom is -0.393 e. The highest BCUT2D eigenvalue weighted by Gasteiger charge is 2.28. The van der Waals surface area contributed by atoms with E-state index in [2.05, 4.69) is 18.7 Å². The molecule has 130 valence electrons. The summed E-state index contributed by atoms with van der Waals surface area (Å²) in [5.74, 6) is 0.674. The van der Waals surface area contributed by atoms with Crippen molar-refractivity contribution >= 4 is 11.6 Å². The zero-order chi connectivity index (χ0) is 17.3. The van der Waals surface area contributed by atoms with Crippen molar-refractivity contribution < 1.29 is 5.11 Å². The number of hydrogen-bond acceptors (Lipinski definition) is 3. The number of nitrogens with zero attached hydrogens (tertiary/aromatic N) is 3. The van der Waals surface area contributed by atoms with Crippen molar-refractivity contribution in [2.75, 3.05) is 13.1 Å². The summed E-state index contributed by atoms with van der Waals surface area (Å²) in [7, 11) is 0. The number of para-hydroxylation sites is 1. The lowest BCUT2D eigenvalue weighted by molar-refractivity contribution is 0.127. The van der Waals surface area contributed by atoms with Crippen LogP contribution in [0.15, 0.2) is 30.3 Å². The molecule has 2 heterocycles. The van der Waals surface area contributed by atoms with Crippen LogP contribution >= 0.6 is 11.6 Å². The monoisotopic (exact) mass is 347 g/mol. The number of benzene rings is 1. The standard InChI is InChI=1S/C19H26ClN3O/c1-13(2)18-17(12-22-10-9-15(11-22)14(3)24)19(20)23(21-18)16-7-5-4-6-8-16/h4-8,13-15,24H,9-12H2,1-3H3. The van der Waals surface area contributed by atoms with Gasteiger partial charge in [0.15, 0.2) is 0 Å². The first kappa shape index (κ1) is 17.5. The van der Waals surface area contributed by atoms with Crippen molar-refractivity contribution in [2.45, 2.75) is 45.8 Å². The van der Waals surface area contributed by atoms with Crippen LogP contribution < -0.4 is 0 Å². The fourth-order valence-corrected chi connectivity index (χ4v) is 3.71. The summed E-state index contributed by atoms with van der Waals surface area (Å²) in [5, 5.41) is 15.3. The highest BCUT2D eigenvalue weighted by molar-refractivity contribution is 6.30. The first-order valence-electron chi connectivity index (χ1n) is 8.70. The van der Waals surface area contributed by atoms with Crippen LogP contribution in [-0.4, -0.2) is 39.0 Å². The molecular weight excluding hydrogens is 322 g/mol. The van der Waals surface area contributed by atoms with E-state index in [9.17, 15) is 5.11 Å². The quantitative estimate of drug-likeness (QED) is 0.893. The molecule has 3 rings (SSSR count). The Balaban J connectivity index is 1.88. The zero-order valence-electron chi connectivity index (χ0n) is 14.6. The molecule has 1 saturated heterocycles. The van der Waals surface area contributed by atoms with Crippen LogP contribution in [0.5, 0.6) is 0 Å². The van der Waals surface area contributed by atoms with Gasteiger partial charge in [-0.25, -0.2) is 4.68 Å². The molecule has 0 amide bonds. The number of rotatable bonds is 5. The van der Waals surface area contributed by atoms with Gasteiger partial charge in [-0.05, 0) is 43.9 Å². The fraction of sp³-hybridized carbons (Fsp3) is 0.526. The van der Waals surface area contributed by atoms with Crippen molar-refractivity contribution in [3.8, 4) is 5.69 Å². The summed E-state index contributed by atoms with van der Waals surface area (Å²) in [6.45, 7) is 8.90. The summed E-state index contributed by atoms with van der Waals surface area (Å²) >= 11 is 6.71. The summed E-state index contributed by atoms with van der Waals surface area (Å²) in [6, 6.07) is 10.0. The Morgan fingerprint density at radius 2 is 1.96 bits per heavy atom. The van der Waals surface area contributed by atoms with Gasteiger partial charge in [-0.2, -0.15) is 5.10 Å². The Kier molecular flexibility index (Phi) is 5.28. The van der Waals surface area contributed by atoms with Crippen LogP contribution in [0.25, 0.3) is 5.69 Å². The minimum absolute atomic E-state index is 0.248. The van der Waals surface area contributed by atoms with Gasteiger partial charge in [0.05, 0.1) is 17.5 Å². The maximum Gasteiger partial charge on any atom is 0.137 e. The first-order valence-corrected chi connectivity index (χ1v) is 9.08. The molecule has 5 heteroatoms. The number of aliphatic hydroxyl groups excluding tert-OH is 1. The van der Waals surface area contributed by atoms with E-state index in [0.717, 1.165) is 43.0 Å².